The second-order valence-corrected chi connectivity index (χ2v) is 8.44. The van der Waals surface area contributed by atoms with Gasteiger partial charge in [0.25, 0.3) is 0 Å². The Morgan fingerprint density at radius 2 is 1.97 bits per heavy atom. The summed E-state index contributed by atoms with van der Waals surface area (Å²) in [5, 5.41) is 12.7. The van der Waals surface area contributed by atoms with Crippen molar-refractivity contribution in [2.45, 2.75) is 51.7 Å². The Balaban J connectivity index is 1.46. The van der Waals surface area contributed by atoms with Gasteiger partial charge < -0.3 is 24.8 Å². The largest absolute Gasteiger partial charge is 0.465 e. The van der Waals surface area contributed by atoms with Gasteiger partial charge in [-0.3, -0.25) is 4.79 Å². The molecule has 0 saturated carbocycles. The van der Waals surface area contributed by atoms with Crippen LogP contribution in [0.15, 0.2) is 18.2 Å². The summed E-state index contributed by atoms with van der Waals surface area (Å²) in [6, 6.07) is 6.57. The molecule has 7 nitrogen and oxygen atoms in total. The highest BCUT2D eigenvalue weighted by Crippen LogP contribution is 2.31. The molecule has 4 rings (SSSR count). The van der Waals surface area contributed by atoms with E-state index in [1.54, 1.807) is 0 Å². The quantitative estimate of drug-likeness (QED) is 0.830. The lowest BCUT2D eigenvalue weighted by atomic mass is 10.0. The summed E-state index contributed by atoms with van der Waals surface area (Å²) in [6.45, 7) is 6.07. The molecule has 0 unspecified atom stereocenters. The Labute approximate surface area is 171 Å². The molecule has 1 aromatic heterocycles. The lowest BCUT2D eigenvalue weighted by Gasteiger charge is -2.32. The minimum Gasteiger partial charge on any atom is -0.465 e. The van der Waals surface area contributed by atoms with E-state index in [1.165, 1.54) is 27.7 Å². The van der Waals surface area contributed by atoms with E-state index >= 15 is 0 Å². The van der Waals surface area contributed by atoms with Crippen LogP contribution in [0.3, 0.4) is 0 Å². The third-order valence-corrected chi connectivity index (χ3v) is 6.33. The van der Waals surface area contributed by atoms with Crippen molar-refractivity contribution >= 4 is 22.9 Å². The number of likely N-dealkylation sites (tertiary alicyclic amines) is 1. The number of hydrogen-bond donors (Lipinski definition) is 2. The fraction of sp³-hybridized carbons (Fsp3) is 0.545. The van der Waals surface area contributed by atoms with Gasteiger partial charge in [-0.05, 0) is 44.5 Å². The zero-order valence-electron chi connectivity index (χ0n) is 17.3. The van der Waals surface area contributed by atoms with Crippen LogP contribution >= 0.6 is 0 Å². The molecule has 1 fully saturated rings. The minimum absolute atomic E-state index is 0.0443. The van der Waals surface area contributed by atoms with Crippen molar-refractivity contribution in [2.75, 3.05) is 26.7 Å². The number of fused-ring (bicyclic) bond motifs is 3. The average Bonchev–Trinajstić information content (AvgIpc) is 2.98. The van der Waals surface area contributed by atoms with Gasteiger partial charge >= 0.3 is 6.09 Å². The van der Waals surface area contributed by atoms with Crippen LogP contribution in [0.1, 0.15) is 36.1 Å². The number of carboxylic acid groups (broad SMARTS) is 1. The monoisotopic (exact) mass is 398 g/mol. The summed E-state index contributed by atoms with van der Waals surface area (Å²) in [5.41, 5.74) is 5.28. The number of rotatable bonds is 4. The highest BCUT2D eigenvalue weighted by atomic mass is 16.4. The van der Waals surface area contributed by atoms with E-state index in [4.69, 9.17) is 5.11 Å². The molecule has 29 heavy (non-hydrogen) atoms. The van der Waals surface area contributed by atoms with Crippen molar-refractivity contribution in [1.82, 2.24) is 19.7 Å². The van der Waals surface area contributed by atoms with E-state index in [0.717, 1.165) is 19.5 Å². The number of hydrogen-bond acceptors (Lipinski definition) is 3. The van der Waals surface area contributed by atoms with Crippen LogP contribution in [0.2, 0.25) is 0 Å². The summed E-state index contributed by atoms with van der Waals surface area (Å²) in [6.07, 6.45) is 1.88. The Hall–Kier alpha value is -2.54. The lowest BCUT2D eigenvalue weighted by Crippen LogP contribution is -2.46. The molecule has 2 aliphatic rings. The number of carbonyl (C=O) groups is 2. The number of likely N-dealkylation sites (N-methyl/N-ethyl adjacent to an activating group) is 1. The van der Waals surface area contributed by atoms with Gasteiger partial charge in [0.15, 0.2) is 0 Å². The van der Waals surface area contributed by atoms with Gasteiger partial charge in [0.2, 0.25) is 5.91 Å². The predicted octanol–water partition coefficient (Wildman–Crippen LogP) is 2.59. The predicted molar refractivity (Wildman–Crippen MR) is 112 cm³/mol. The molecule has 1 aromatic carbocycles. The fourth-order valence-corrected chi connectivity index (χ4v) is 4.77. The second kappa shape index (κ2) is 8.06. The van der Waals surface area contributed by atoms with Crippen LogP contribution in [-0.4, -0.2) is 64.2 Å². The number of aromatic nitrogens is 1. The molecule has 7 heteroatoms. The maximum Gasteiger partial charge on any atom is 0.404 e. The van der Waals surface area contributed by atoms with Crippen LogP contribution in [0.5, 0.6) is 0 Å². The zero-order valence-corrected chi connectivity index (χ0v) is 17.3. The van der Waals surface area contributed by atoms with Gasteiger partial charge in [-0.1, -0.05) is 11.6 Å². The molecule has 0 spiro atoms. The molecule has 2 aliphatic heterocycles. The third-order valence-electron chi connectivity index (χ3n) is 6.33. The normalized spacial score (nSPS) is 18.1. The summed E-state index contributed by atoms with van der Waals surface area (Å²) < 4.78 is 2.35. The molecule has 156 valence electrons. The lowest BCUT2D eigenvalue weighted by molar-refractivity contribution is -0.132. The first kappa shape index (κ1) is 19.8. The zero-order chi connectivity index (χ0) is 20.5. The third kappa shape index (κ3) is 4.10. The number of carbonyl (C=O) groups excluding carboxylic acids is 1. The van der Waals surface area contributed by atoms with Crippen molar-refractivity contribution in [1.29, 1.82) is 0 Å². The molecule has 1 saturated heterocycles. The van der Waals surface area contributed by atoms with Crippen molar-refractivity contribution < 1.29 is 14.7 Å². The molecule has 0 radical (unpaired) electrons. The van der Waals surface area contributed by atoms with E-state index in [0.29, 0.717) is 38.9 Å². The number of aryl methyl sites for hydroxylation is 2. The van der Waals surface area contributed by atoms with Crippen molar-refractivity contribution in [3.05, 3.63) is 35.0 Å². The number of piperidine rings is 1. The van der Waals surface area contributed by atoms with Crippen molar-refractivity contribution in [3.63, 3.8) is 0 Å². The highest BCUT2D eigenvalue weighted by molar-refractivity contribution is 5.87. The van der Waals surface area contributed by atoms with E-state index in [9.17, 15) is 9.59 Å². The first-order chi connectivity index (χ1) is 13.9. The molecular weight excluding hydrogens is 368 g/mol. The fourth-order valence-electron chi connectivity index (χ4n) is 4.77. The summed E-state index contributed by atoms with van der Waals surface area (Å²) >= 11 is 0. The maximum atomic E-state index is 12.8. The van der Waals surface area contributed by atoms with Crippen LogP contribution < -0.4 is 5.32 Å². The summed E-state index contributed by atoms with van der Waals surface area (Å²) in [7, 11) is 2.16. The van der Waals surface area contributed by atoms with E-state index in [2.05, 4.69) is 47.0 Å². The Bertz CT molecular complexity index is 928. The van der Waals surface area contributed by atoms with Gasteiger partial charge in [0.1, 0.15) is 0 Å². The number of nitrogens with zero attached hydrogens (tertiary/aromatic N) is 3. The van der Waals surface area contributed by atoms with Crippen LogP contribution in [0.25, 0.3) is 10.9 Å². The second-order valence-electron chi connectivity index (χ2n) is 8.44. The summed E-state index contributed by atoms with van der Waals surface area (Å²) in [5.74, 6) is 0.161. The first-order valence-corrected chi connectivity index (χ1v) is 10.5. The molecule has 2 N–H and O–H groups in total. The SMILES string of the molecule is Cc1ccc2c(c1)c1c(n2CCC(=O)N2CCC(NC(=O)O)CC2)CCN(C)C1. The smallest absolute Gasteiger partial charge is 0.404 e. The number of amides is 2. The molecule has 3 heterocycles. The Morgan fingerprint density at radius 1 is 1.21 bits per heavy atom. The maximum absolute atomic E-state index is 12.8. The average molecular weight is 399 g/mol. The Morgan fingerprint density at radius 3 is 2.69 bits per heavy atom. The van der Waals surface area contributed by atoms with Crippen LogP contribution in [0.4, 0.5) is 4.79 Å². The molecule has 0 aliphatic carbocycles. The van der Waals surface area contributed by atoms with E-state index < -0.39 is 6.09 Å². The minimum atomic E-state index is -0.986. The number of benzene rings is 1. The highest BCUT2D eigenvalue weighted by Gasteiger charge is 2.25. The van der Waals surface area contributed by atoms with Gasteiger partial charge in [-0.15, -0.1) is 0 Å². The molecule has 0 atom stereocenters. The van der Waals surface area contributed by atoms with Gasteiger partial charge in [-0.25, -0.2) is 4.79 Å². The van der Waals surface area contributed by atoms with Gasteiger partial charge in [0.05, 0.1) is 0 Å². The molecular formula is C22H30N4O3. The standard InChI is InChI=1S/C22H30N4O3/c1-15-3-4-19-17(13-15)18-14-24(2)9-7-20(18)26(19)12-8-21(27)25-10-5-16(6-11-25)23-22(28)29/h3-4,13,16,23H,5-12,14H2,1-2H3,(H,28,29). The van der Waals surface area contributed by atoms with Crippen LogP contribution in [0, 0.1) is 6.92 Å². The number of nitrogens with one attached hydrogen (secondary N) is 1. The van der Waals surface area contributed by atoms with E-state index in [1.807, 2.05) is 4.90 Å². The summed E-state index contributed by atoms with van der Waals surface area (Å²) in [4.78, 5) is 27.8. The van der Waals surface area contributed by atoms with Crippen LogP contribution in [-0.2, 0) is 24.3 Å². The molecule has 2 amide bonds. The van der Waals surface area contributed by atoms with Gasteiger partial charge in [0, 0.05) is 68.2 Å². The van der Waals surface area contributed by atoms with Crippen molar-refractivity contribution in [2.24, 2.45) is 0 Å². The Kier molecular flexibility index (Phi) is 5.50. The molecule has 0 bridgehead atoms. The topological polar surface area (TPSA) is 77.8 Å². The van der Waals surface area contributed by atoms with Gasteiger partial charge in [-0.2, -0.15) is 0 Å². The first-order valence-electron chi connectivity index (χ1n) is 10.5. The molecule has 2 aromatic rings. The van der Waals surface area contributed by atoms with E-state index in [-0.39, 0.29) is 11.9 Å². The van der Waals surface area contributed by atoms with Crippen molar-refractivity contribution in [3.8, 4) is 0 Å².